The molecule has 1 unspecified atom stereocenters. The number of ether oxygens (including phenoxy) is 2. The van der Waals surface area contributed by atoms with E-state index in [1.54, 1.807) is 0 Å². The van der Waals surface area contributed by atoms with Gasteiger partial charge in [-0.3, -0.25) is 0 Å². The van der Waals surface area contributed by atoms with E-state index in [0.717, 1.165) is 36.6 Å². The number of benzene rings is 2. The van der Waals surface area contributed by atoms with Crippen molar-refractivity contribution in [3.05, 3.63) is 53.6 Å². The average molecular weight is 323 g/mol. The normalized spacial score (nSPS) is 24.0. The highest BCUT2D eigenvalue weighted by Crippen LogP contribution is 2.39. The fourth-order valence-electron chi connectivity index (χ4n) is 3.72. The Balaban J connectivity index is 1.63. The van der Waals surface area contributed by atoms with Crippen molar-refractivity contribution in [3.8, 4) is 11.5 Å². The van der Waals surface area contributed by atoms with Crippen molar-refractivity contribution in [2.45, 2.75) is 39.2 Å². The van der Waals surface area contributed by atoms with Gasteiger partial charge in [0.25, 0.3) is 0 Å². The highest BCUT2D eigenvalue weighted by Gasteiger charge is 2.34. The molecule has 0 saturated heterocycles. The Hall–Kier alpha value is -2.16. The van der Waals surface area contributed by atoms with E-state index in [9.17, 15) is 0 Å². The zero-order chi connectivity index (χ0) is 16.8. The predicted molar refractivity (Wildman–Crippen MR) is 97.1 cm³/mol. The zero-order valence-electron chi connectivity index (χ0n) is 14.7. The third-order valence-corrected chi connectivity index (χ3v) is 4.95. The van der Waals surface area contributed by atoms with E-state index in [4.69, 9.17) is 9.47 Å². The number of hydrogen-bond acceptors (Lipinski definition) is 3. The molecule has 2 aromatic carbocycles. The molecule has 0 aliphatic carbocycles. The van der Waals surface area contributed by atoms with E-state index in [1.807, 2.05) is 18.2 Å². The Labute approximate surface area is 144 Å². The molecule has 2 aromatic rings. The minimum Gasteiger partial charge on any atom is -0.493 e. The van der Waals surface area contributed by atoms with Gasteiger partial charge in [0.05, 0.1) is 17.8 Å². The molecule has 4 rings (SSSR count). The summed E-state index contributed by atoms with van der Waals surface area (Å²) in [4.78, 5) is 0. The van der Waals surface area contributed by atoms with Gasteiger partial charge in [0.2, 0.25) is 0 Å². The SMILES string of the molecule is CC1(C)COc2cccc(CC3(C)COc4ccccc4N3)c2C1. The Morgan fingerprint density at radius 2 is 1.67 bits per heavy atom. The molecule has 1 atom stereocenters. The van der Waals surface area contributed by atoms with Crippen molar-refractivity contribution >= 4 is 5.69 Å². The van der Waals surface area contributed by atoms with E-state index in [2.05, 4.69) is 50.4 Å². The van der Waals surface area contributed by atoms with Crippen molar-refractivity contribution in [3.63, 3.8) is 0 Å². The van der Waals surface area contributed by atoms with Gasteiger partial charge >= 0.3 is 0 Å². The summed E-state index contributed by atoms with van der Waals surface area (Å²) < 4.78 is 12.0. The highest BCUT2D eigenvalue weighted by molar-refractivity contribution is 5.60. The van der Waals surface area contributed by atoms with Crippen molar-refractivity contribution < 1.29 is 9.47 Å². The lowest BCUT2D eigenvalue weighted by atomic mass is 9.80. The minimum absolute atomic E-state index is 0.120. The van der Waals surface area contributed by atoms with Crippen LogP contribution in [0.15, 0.2) is 42.5 Å². The molecule has 0 bridgehead atoms. The van der Waals surface area contributed by atoms with Crippen molar-refractivity contribution in [2.75, 3.05) is 18.5 Å². The topological polar surface area (TPSA) is 30.5 Å². The Morgan fingerprint density at radius 1 is 0.917 bits per heavy atom. The summed E-state index contributed by atoms with van der Waals surface area (Å²) in [7, 11) is 0. The predicted octanol–water partition coefficient (Wildman–Crippen LogP) is 4.45. The maximum Gasteiger partial charge on any atom is 0.142 e. The highest BCUT2D eigenvalue weighted by atomic mass is 16.5. The summed E-state index contributed by atoms with van der Waals surface area (Å²) in [6.45, 7) is 8.23. The number of fused-ring (bicyclic) bond motifs is 2. The molecule has 1 N–H and O–H groups in total. The van der Waals surface area contributed by atoms with Crippen molar-refractivity contribution in [1.82, 2.24) is 0 Å². The van der Waals surface area contributed by atoms with E-state index in [-0.39, 0.29) is 11.0 Å². The van der Waals surface area contributed by atoms with Crippen LogP contribution in [-0.2, 0) is 12.8 Å². The number of nitrogens with one attached hydrogen (secondary N) is 1. The summed E-state index contributed by atoms with van der Waals surface area (Å²) in [5.74, 6) is 1.99. The molecule has 0 spiro atoms. The van der Waals surface area contributed by atoms with E-state index < -0.39 is 0 Å². The van der Waals surface area contributed by atoms with Crippen LogP contribution >= 0.6 is 0 Å². The molecule has 0 aromatic heterocycles. The van der Waals surface area contributed by atoms with Gasteiger partial charge in [-0.2, -0.15) is 0 Å². The maximum atomic E-state index is 6.01. The van der Waals surface area contributed by atoms with Gasteiger partial charge in [-0.15, -0.1) is 0 Å². The smallest absolute Gasteiger partial charge is 0.142 e. The molecule has 0 amide bonds. The van der Waals surface area contributed by atoms with Gasteiger partial charge in [-0.05, 0) is 49.1 Å². The largest absolute Gasteiger partial charge is 0.493 e. The van der Waals surface area contributed by atoms with E-state index in [0.29, 0.717) is 6.61 Å². The number of hydrogen-bond donors (Lipinski definition) is 1. The van der Waals surface area contributed by atoms with Gasteiger partial charge in [0.15, 0.2) is 0 Å². The molecular weight excluding hydrogens is 298 g/mol. The van der Waals surface area contributed by atoms with Crippen LogP contribution in [0.2, 0.25) is 0 Å². The molecule has 2 aliphatic heterocycles. The van der Waals surface area contributed by atoms with E-state index in [1.165, 1.54) is 11.1 Å². The average Bonchev–Trinajstić information content (AvgIpc) is 2.54. The van der Waals surface area contributed by atoms with Gasteiger partial charge in [-0.25, -0.2) is 0 Å². The summed E-state index contributed by atoms with van der Waals surface area (Å²) in [6, 6.07) is 14.6. The molecule has 2 aliphatic rings. The van der Waals surface area contributed by atoms with Crippen LogP contribution in [0.4, 0.5) is 5.69 Å². The lowest BCUT2D eigenvalue weighted by Gasteiger charge is -2.39. The van der Waals surface area contributed by atoms with Crippen molar-refractivity contribution in [2.24, 2.45) is 5.41 Å². The molecular formula is C21H25NO2. The monoisotopic (exact) mass is 323 g/mol. The second kappa shape index (κ2) is 5.44. The second-order valence-corrected chi connectivity index (χ2v) is 8.17. The van der Waals surface area contributed by atoms with Crippen LogP contribution in [0, 0.1) is 5.41 Å². The van der Waals surface area contributed by atoms with Crippen molar-refractivity contribution in [1.29, 1.82) is 0 Å². The summed E-state index contributed by atoms with van der Waals surface area (Å²) in [5, 5.41) is 3.68. The Morgan fingerprint density at radius 3 is 2.54 bits per heavy atom. The Bertz CT molecular complexity index is 768. The number of para-hydroxylation sites is 2. The first-order valence-electron chi connectivity index (χ1n) is 8.68. The van der Waals surface area contributed by atoms with Gasteiger partial charge in [0, 0.05) is 5.41 Å². The molecule has 24 heavy (non-hydrogen) atoms. The summed E-state index contributed by atoms with van der Waals surface area (Å²) in [5.41, 5.74) is 3.86. The third-order valence-electron chi connectivity index (χ3n) is 4.95. The fourth-order valence-corrected chi connectivity index (χ4v) is 3.72. The molecule has 3 nitrogen and oxygen atoms in total. The van der Waals surface area contributed by atoms with Crippen LogP contribution in [0.25, 0.3) is 0 Å². The van der Waals surface area contributed by atoms with Crippen LogP contribution in [-0.4, -0.2) is 18.8 Å². The van der Waals surface area contributed by atoms with Crippen LogP contribution in [0.5, 0.6) is 11.5 Å². The Kier molecular flexibility index (Phi) is 3.48. The van der Waals surface area contributed by atoms with Gasteiger partial charge in [-0.1, -0.05) is 38.1 Å². The molecule has 2 heterocycles. The molecule has 3 heteroatoms. The standard InChI is InChI=1S/C21H25NO2/c1-20(2)12-16-15(7-6-10-18(16)23-13-20)11-21(3)14-24-19-9-5-4-8-17(19)22-21/h4-10,22H,11-14H2,1-3H3. The quantitative estimate of drug-likeness (QED) is 0.885. The lowest BCUT2D eigenvalue weighted by molar-refractivity contribution is 0.153. The van der Waals surface area contributed by atoms with Crippen LogP contribution < -0.4 is 14.8 Å². The number of anilines is 1. The maximum absolute atomic E-state index is 6.01. The first kappa shape index (κ1) is 15.4. The fraction of sp³-hybridized carbons (Fsp3) is 0.429. The first-order chi connectivity index (χ1) is 11.4. The van der Waals surface area contributed by atoms with E-state index >= 15 is 0 Å². The summed E-state index contributed by atoms with van der Waals surface area (Å²) in [6.07, 6.45) is 1.98. The second-order valence-electron chi connectivity index (χ2n) is 8.17. The minimum atomic E-state index is -0.120. The van der Waals surface area contributed by atoms with Gasteiger partial charge < -0.3 is 14.8 Å². The third kappa shape index (κ3) is 2.83. The molecule has 0 saturated carbocycles. The van der Waals surface area contributed by atoms with Gasteiger partial charge in [0.1, 0.15) is 18.1 Å². The molecule has 0 radical (unpaired) electrons. The van der Waals surface area contributed by atoms with Crippen LogP contribution in [0.3, 0.4) is 0 Å². The molecule has 0 fully saturated rings. The number of rotatable bonds is 2. The van der Waals surface area contributed by atoms with Crippen LogP contribution in [0.1, 0.15) is 31.9 Å². The zero-order valence-corrected chi connectivity index (χ0v) is 14.7. The summed E-state index contributed by atoms with van der Waals surface area (Å²) >= 11 is 0. The lowest BCUT2D eigenvalue weighted by Crippen LogP contribution is -2.46. The molecule has 126 valence electrons. The first-order valence-corrected chi connectivity index (χ1v) is 8.68.